The molecule has 0 atom stereocenters. The van der Waals surface area contributed by atoms with Crippen molar-refractivity contribution in [2.24, 2.45) is 0 Å². The van der Waals surface area contributed by atoms with Crippen LogP contribution in [-0.4, -0.2) is 49.3 Å². The number of hydrogen-bond donors (Lipinski definition) is 0. The maximum atomic E-state index is 11.6. The second kappa shape index (κ2) is 7.65. The predicted octanol–water partition coefficient (Wildman–Crippen LogP) is 1.39. The molecule has 16 heavy (non-hydrogen) atoms. The van der Waals surface area contributed by atoms with Crippen LogP contribution in [0.2, 0.25) is 0 Å². The van der Waals surface area contributed by atoms with Crippen molar-refractivity contribution in [3.05, 3.63) is 12.2 Å². The molecule has 1 fully saturated rings. The van der Waals surface area contributed by atoms with Gasteiger partial charge in [-0.1, -0.05) is 12.2 Å². The predicted molar refractivity (Wildman–Crippen MR) is 62.4 cm³/mol. The Morgan fingerprint density at radius 3 is 2.75 bits per heavy atom. The SMILES string of the molecule is C/C=C/CCN(CC1OCCO1)C(=O)CCl. The van der Waals surface area contributed by atoms with Crippen molar-refractivity contribution in [3.8, 4) is 0 Å². The van der Waals surface area contributed by atoms with Crippen molar-refractivity contribution in [1.82, 2.24) is 4.90 Å². The minimum atomic E-state index is -0.294. The first kappa shape index (κ1) is 13.5. The Balaban J connectivity index is 2.39. The van der Waals surface area contributed by atoms with Crippen molar-refractivity contribution in [2.75, 3.05) is 32.2 Å². The summed E-state index contributed by atoms with van der Waals surface area (Å²) in [5.41, 5.74) is 0. The van der Waals surface area contributed by atoms with Crippen molar-refractivity contribution >= 4 is 17.5 Å². The van der Waals surface area contributed by atoms with Gasteiger partial charge in [-0.05, 0) is 13.3 Å². The summed E-state index contributed by atoms with van der Waals surface area (Å²) in [7, 11) is 0. The van der Waals surface area contributed by atoms with Crippen LogP contribution in [0.25, 0.3) is 0 Å². The third-order valence-corrected chi connectivity index (χ3v) is 2.56. The fourth-order valence-electron chi connectivity index (χ4n) is 1.49. The number of carbonyl (C=O) groups is 1. The number of hydrogen-bond acceptors (Lipinski definition) is 3. The Labute approximate surface area is 101 Å². The van der Waals surface area contributed by atoms with Crippen LogP contribution in [0.4, 0.5) is 0 Å². The van der Waals surface area contributed by atoms with E-state index < -0.39 is 0 Å². The third kappa shape index (κ3) is 4.51. The van der Waals surface area contributed by atoms with Gasteiger partial charge in [0.25, 0.3) is 0 Å². The second-order valence-corrected chi connectivity index (χ2v) is 3.77. The van der Waals surface area contributed by atoms with Gasteiger partial charge in [0, 0.05) is 6.54 Å². The lowest BCUT2D eigenvalue weighted by molar-refractivity contribution is -0.134. The van der Waals surface area contributed by atoms with Crippen LogP contribution in [0.1, 0.15) is 13.3 Å². The number of alkyl halides is 1. The summed E-state index contributed by atoms with van der Waals surface area (Å²) in [5.74, 6) is -0.0759. The van der Waals surface area contributed by atoms with E-state index in [2.05, 4.69) is 0 Å². The van der Waals surface area contributed by atoms with Crippen LogP contribution >= 0.6 is 11.6 Å². The molecule has 1 heterocycles. The van der Waals surface area contributed by atoms with Gasteiger partial charge in [0.15, 0.2) is 6.29 Å². The number of allylic oxidation sites excluding steroid dienone is 1. The smallest absolute Gasteiger partial charge is 0.237 e. The number of ether oxygens (including phenoxy) is 2. The van der Waals surface area contributed by atoms with Gasteiger partial charge in [-0.15, -0.1) is 11.6 Å². The molecule has 0 aromatic carbocycles. The average molecular weight is 248 g/mol. The van der Waals surface area contributed by atoms with E-state index >= 15 is 0 Å². The molecule has 0 saturated carbocycles. The van der Waals surface area contributed by atoms with E-state index in [0.717, 1.165) is 6.42 Å². The molecule has 0 spiro atoms. The lowest BCUT2D eigenvalue weighted by atomic mass is 10.3. The molecule has 5 heteroatoms. The van der Waals surface area contributed by atoms with Gasteiger partial charge in [0.2, 0.25) is 5.91 Å². The van der Waals surface area contributed by atoms with Gasteiger partial charge < -0.3 is 14.4 Å². The summed E-state index contributed by atoms with van der Waals surface area (Å²) in [6.07, 6.45) is 4.51. The largest absolute Gasteiger partial charge is 0.348 e. The number of rotatable bonds is 6. The van der Waals surface area contributed by atoms with E-state index in [1.54, 1.807) is 4.90 Å². The number of halogens is 1. The van der Waals surface area contributed by atoms with Crippen molar-refractivity contribution < 1.29 is 14.3 Å². The Kier molecular flexibility index (Phi) is 6.45. The molecule has 92 valence electrons. The van der Waals surface area contributed by atoms with Crippen LogP contribution in [-0.2, 0) is 14.3 Å². The summed E-state index contributed by atoms with van der Waals surface area (Å²) in [5, 5.41) is 0. The molecule has 0 radical (unpaired) electrons. The Morgan fingerprint density at radius 1 is 1.50 bits per heavy atom. The first-order valence-corrected chi connectivity index (χ1v) is 5.99. The summed E-state index contributed by atoms with van der Waals surface area (Å²) in [6, 6.07) is 0. The van der Waals surface area contributed by atoms with Gasteiger partial charge in [-0.2, -0.15) is 0 Å². The van der Waals surface area contributed by atoms with Crippen LogP contribution in [0.15, 0.2) is 12.2 Å². The molecule has 1 aliphatic rings. The Hall–Kier alpha value is -0.580. The Bertz CT molecular complexity index is 239. The third-order valence-electron chi connectivity index (χ3n) is 2.33. The molecule has 0 aromatic heterocycles. The number of amides is 1. The van der Waals surface area contributed by atoms with Gasteiger partial charge >= 0.3 is 0 Å². The van der Waals surface area contributed by atoms with E-state index in [0.29, 0.717) is 26.3 Å². The zero-order valence-corrected chi connectivity index (χ0v) is 10.3. The van der Waals surface area contributed by atoms with E-state index in [1.807, 2.05) is 19.1 Å². The highest BCUT2D eigenvalue weighted by atomic mass is 35.5. The van der Waals surface area contributed by atoms with Crippen LogP contribution in [0, 0.1) is 0 Å². The summed E-state index contributed by atoms with van der Waals surface area (Å²) < 4.78 is 10.6. The molecule has 0 N–H and O–H groups in total. The standard InChI is InChI=1S/C11H18ClNO3/c1-2-3-4-5-13(10(14)8-12)9-11-15-6-7-16-11/h2-3,11H,4-9H2,1H3/b3-2+. The monoisotopic (exact) mass is 247 g/mol. The van der Waals surface area contributed by atoms with E-state index in [9.17, 15) is 4.79 Å². The molecule has 1 amide bonds. The van der Waals surface area contributed by atoms with Gasteiger partial charge in [0.05, 0.1) is 19.8 Å². The zero-order chi connectivity index (χ0) is 11.8. The van der Waals surface area contributed by atoms with Crippen molar-refractivity contribution in [3.63, 3.8) is 0 Å². The Morgan fingerprint density at radius 2 is 2.19 bits per heavy atom. The van der Waals surface area contributed by atoms with Crippen molar-refractivity contribution in [1.29, 1.82) is 0 Å². The summed E-state index contributed by atoms with van der Waals surface area (Å²) in [4.78, 5) is 13.2. The van der Waals surface area contributed by atoms with Gasteiger partial charge in [-0.25, -0.2) is 0 Å². The maximum Gasteiger partial charge on any atom is 0.237 e. The fraction of sp³-hybridized carbons (Fsp3) is 0.727. The highest BCUT2D eigenvalue weighted by molar-refractivity contribution is 6.27. The molecule has 0 bridgehead atoms. The second-order valence-electron chi connectivity index (χ2n) is 3.50. The lowest BCUT2D eigenvalue weighted by Crippen LogP contribution is -2.39. The quantitative estimate of drug-likeness (QED) is 0.526. The van der Waals surface area contributed by atoms with Crippen LogP contribution < -0.4 is 0 Å². The van der Waals surface area contributed by atoms with E-state index in [1.165, 1.54) is 0 Å². The first-order valence-electron chi connectivity index (χ1n) is 5.46. The molecule has 1 rings (SSSR count). The van der Waals surface area contributed by atoms with Gasteiger partial charge in [-0.3, -0.25) is 4.79 Å². The molecule has 1 aliphatic heterocycles. The van der Waals surface area contributed by atoms with Gasteiger partial charge in [0.1, 0.15) is 5.88 Å². The van der Waals surface area contributed by atoms with Crippen molar-refractivity contribution in [2.45, 2.75) is 19.6 Å². The van der Waals surface area contributed by atoms with E-state index in [4.69, 9.17) is 21.1 Å². The van der Waals surface area contributed by atoms with E-state index in [-0.39, 0.29) is 18.1 Å². The average Bonchev–Trinajstić information content (AvgIpc) is 2.80. The van der Waals surface area contributed by atoms with Crippen LogP contribution in [0.3, 0.4) is 0 Å². The fourth-order valence-corrected chi connectivity index (χ4v) is 1.66. The molecule has 4 nitrogen and oxygen atoms in total. The maximum absolute atomic E-state index is 11.6. The minimum Gasteiger partial charge on any atom is -0.348 e. The highest BCUT2D eigenvalue weighted by Crippen LogP contribution is 2.07. The topological polar surface area (TPSA) is 38.8 Å². The first-order chi connectivity index (χ1) is 7.77. The summed E-state index contributed by atoms with van der Waals surface area (Å²) >= 11 is 5.55. The molecular formula is C11H18ClNO3. The number of nitrogens with zero attached hydrogens (tertiary/aromatic N) is 1. The molecule has 1 saturated heterocycles. The summed E-state index contributed by atoms with van der Waals surface area (Å²) in [6.45, 7) is 4.27. The molecular weight excluding hydrogens is 230 g/mol. The molecule has 0 aromatic rings. The van der Waals surface area contributed by atoms with Crippen LogP contribution in [0.5, 0.6) is 0 Å². The zero-order valence-electron chi connectivity index (χ0n) is 9.52. The molecule has 0 aliphatic carbocycles. The molecule has 0 unspecified atom stereocenters. The lowest BCUT2D eigenvalue weighted by Gasteiger charge is -2.23. The normalized spacial score (nSPS) is 17.1. The number of carbonyl (C=O) groups excluding carboxylic acids is 1. The minimum absolute atomic E-state index is 0.00254. The highest BCUT2D eigenvalue weighted by Gasteiger charge is 2.21.